The fraction of sp³-hybridized carbons (Fsp3) is 0.250. The summed E-state index contributed by atoms with van der Waals surface area (Å²) in [4.78, 5) is 0. The molecule has 2 aromatic rings. The first-order valence-electron chi connectivity index (χ1n) is 6.57. The van der Waals surface area contributed by atoms with Crippen molar-refractivity contribution in [2.75, 3.05) is 5.32 Å². The van der Waals surface area contributed by atoms with Gasteiger partial charge in [0.1, 0.15) is 0 Å². The molecule has 0 saturated heterocycles. The molecule has 0 aromatic heterocycles. The quantitative estimate of drug-likeness (QED) is 0.796. The summed E-state index contributed by atoms with van der Waals surface area (Å²) in [7, 11) is 0. The Morgan fingerprint density at radius 2 is 2.00 bits per heavy atom. The smallest absolute Gasteiger partial charge is 0.166 e. The lowest BCUT2D eigenvalue weighted by Gasteiger charge is -2.27. The van der Waals surface area contributed by atoms with Crippen molar-refractivity contribution in [3.63, 3.8) is 0 Å². The van der Waals surface area contributed by atoms with Crippen molar-refractivity contribution >= 4 is 5.69 Å². The Morgan fingerprint density at radius 3 is 2.84 bits per heavy atom. The lowest BCUT2D eigenvalue weighted by Crippen LogP contribution is -2.17. The molecule has 0 bridgehead atoms. The number of phenolic OH excluding ortho intramolecular Hbond substituents is 1. The van der Waals surface area contributed by atoms with E-state index in [9.17, 15) is 9.50 Å². The van der Waals surface area contributed by atoms with Crippen LogP contribution in [0.1, 0.15) is 30.0 Å². The van der Waals surface area contributed by atoms with Crippen LogP contribution < -0.4 is 5.32 Å². The van der Waals surface area contributed by atoms with Gasteiger partial charge in [0.2, 0.25) is 0 Å². The number of benzene rings is 2. The summed E-state index contributed by atoms with van der Waals surface area (Å²) >= 11 is 0. The van der Waals surface area contributed by atoms with Gasteiger partial charge in [-0.2, -0.15) is 0 Å². The normalized spacial score (nSPS) is 17.8. The third-order valence-electron chi connectivity index (χ3n) is 3.66. The molecule has 0 saturated carbocycles. The number of nitrogens with one attached hydrogen (secondary N) is 1. The minimum atomic E-state index is -0.589. The minimum absolute atomic E-state index is 0.217. The van der Waals surface area contributed by atoms with E-state index in [4.69, 9.17) is 0 Å². The minimum Gasteiger partial charge on any atom is -0.505 e. The van der Waals surface area contributed by atoms with E-state index < -0.39 is 5.82 Å². The van der Waals surface area contributed by atoms with Crippen molar-refractivity contribution < 1.29 is 9.50 Å². The first-order chi connectivity index (χ1) is 9.24. The van der Waals surface area contributed by atoms with Gasteiger partial charge >= 0.3 is 0 Å². The van der Waals surface area contributed by atoms with Crippen LogP contribution >= 0.6 is 0 Å². The van der Waals surface area contributed by atoms with Crippen LogP contribution in [-0.4, -0.2) is 5.11 Å². The number of phenols is 1. The monoisotopic (exact) mass is 257 g/mol. The second-order valence-electron chi connectivity index (χ2n) is 4.95. The molecule has 19 heavy (non-hydrogen) atoms. The van der Waals surface area contributed by atoms with Gasteiger partial charge in [-0.3, -0.25) is 0 Å². The summed E-state index contributed by atoms with van der Waals surface area (Å²) in [5.74, 6) is -0.899. The number of aryl methyl sites for hydroxylation is 1. The van der Waals surface area contributed by atoms with E-state index in [1.165, 1.54) is 23.3 Å². The standard InChI is InChI=1S/C16H16FNO/c17-14-10-12(8-9-16(14)19)18-15-7-3-5-11-4-1-2-6-13(11)15/h1-2,4,6,8-10,15,18-19H,3,5,7H2. The molecule has 2 N–H and O–H groups in total. The van der Waals surface area contributed by atoms with Gasteiger partial charge in [0.15, 0.2) is 11.6 Å². The molecule has 0 radical (unpaired) electrons. The highest BCUT2D eigenvalue weighted by molar-refractivity contribution is 5.50. The molecule has 0 amide bonds. The topological polar surface area (TPSA) is 32.3 Å². The predicted molar refractivity (Wildman–Crippen MR) is 73.8 cm³/mol. The van der Waals surface area contributed by atoms with E-state index in [1.54, 1.807) is 6.07 Å². The maximum Gasteiger partial charge on any atom is 0.166 e. The Morgan fingerprint density at radius 1 is 1.16 bits per heavy atom. The van der Waals surface area contributed by atoms with E-state index in [2.05, 4.69) is 23.5 Å². The van der Waals surface area contributed by atoms with Gasteiger partial charge < -0.3 is 10.4 Å². The number of aromatic hydroxyl groups is 1. The highest BCUT2D eigenvalue weighted by atomic mass is 19.1. The number of halogens is 1. The average Bonchev–Trinajstić information content (AvgIpc) is 2.43. The van der Waals surface area contributed by atoms with E-state index in [0.29, 0.717) is 5.69 Å². The van der Waals surface area contributed by atoms with Gasteiger partial charge in [-0.15, -0.1) is 0 Å². The molecule has 1 atom stereocenters. The summed E-state index contributed by atoms with van der Waals surface area (Å²) in [6, 6.07) is 13.0. The predicted octanol–water partition coefficient (Wildman–Crippen LogP) is 4.02. The van der Waals surface area contributed by atoms with Crippen molar-refractivity contribution in [1.29, 1.82) is 0 Å². The molecule has 0 aliphatic heterocycles. The second kappa shape index (κ2) is 4.92. The lowest BCUT2D eigenvalue weighted by atomic mass is 9.87. The van der Waals surface area contributed by atoms with Crippen molar-refractivity contribution in [2.45, 2.75) is 25.3 Å². The molecule has 0 heterocycles. The Bertz CT molecular complexity index is 597. The average molecular weight is 257 g/mol. The van der Waals surface area contributed by atoms with Crippen molar-refractivity contribution in [2.24, 2.45) is 0 Å². The molecule has 3 rings (SSSR count). The second-order valence-corrected chi connectivity index (χ2v) is 4.95. The number of hydrogen-bond donors (Lipinski definition) is 2. The van der Waals surface area contributed by atoms with E-state index in [1.807, 2.05) is 6.07 Å². The molecule has 1 aliphatic rings. The van der Waals surface area contributed by atoms with Crippen LogP contribution in [0.3, 0.4) is 0 Å². The maximum atomic E-state index is 13.3. The van der Waals surface area contributed by atoms with Gasteiger partial charge in [-0.1, -0.05) is 24.3 Å². The van der Waals surface area contributed by atoms with Crippen LogP contribution in [0, 0.1) is 5.82 Å². The van der Waals surface area contributed by atoms with Crippen LogP contribution in [0.15, 0.2) is 42.5 Å². The summed E-state index contributed by atoms with van der Waals surface area (Å²) in [5.41, 5.74) is 3.37. The molecular weight excluding hydrogens is 241 g/mol. The summed E-state index contributed by atoms with van der Waals surface area (Å²) < 4.78 is 13.3. The fourth-order valence-corrected chi connectivity index (χ4v) is 2.70. The van der Waals surface area contributed by atoms with Gasteiger partial charge in [0.05, 0.1) is 6.04 Å². The molecule has 0 fully saturated rings. The largest absolute Gasteiger partial charge is 0.505 e. The van der Waals surface area contributed by atoms with Crippen LogP contribution in [0.25, 0.3) is 0 Å². The zero-order valence-electron chi connectivity index (χ0n) is 10.6. The Hall–Kier alpha value is -2.03. The summed E-state index contributed by atoms with van der Waals surface area (Å²) in [6.45, 7) is 0. The SMILES string of the molecule is Oc1ccc(NC2CCCc3ccccc32)cc1F. The van der Waals surface area contributed by atoms with Crippen molar-refractivity contribution in [1.82, 2.24) is 0 Å². The number of hydrogen-bond acceptors (Lipinski definition) is 2. The highest BCUT2D eigenvalue weighted by Crippen LogP contribution is 2.33. The number of rotatable bonds is 2. The molecule has 2 aromatic carbocycles. The van der Waals surface area contributed by atoms with Crippen molar-refractivity contribution in [3.05, 3.63) is 59.4 Å². The Balaban J connectivity index is 1.86. The first kappa shape index (κ1) is 12.0. The molecule has 3 heteroatoms. The van der Waals surface area contributed by atoms with E-state index >= 15 is 0 Å². The van der Waals surface area contributed by atoms with Crippen LogP contribution in [0.2, 0.25) is 0 Å². The summed E-state index contributed by atoms with van der Waals surface area (Å²) in [6.07, 6.45) is 3.28. The van der Waals surface area contributed by atoms with E-state index in [0.717, 1.165) is 19.3 Å². The Labute approximate surface area is 111 Å². The van der Waals surface area contributed by atoms with Gasteiger partial charge in [0, 0.05) is 11.8 Å². The van der Waals surface area contributed by atoms with Gasteiger partial charge in [-0.25, -0.2) is 4.39 Å². The zero-order chi connectivity index (χ0) is 13.2. The zero-order valence-corrected chi connectivity index (χ0v) is 10.6. The van der Waals surface area contributed by atoms with E-state index in [-0.39, 0.29) is 11.8 Å². The molecule has 1 unspecified atom stereocenters. The molecular formula is C16H16FNO. The fourth-order valence-electron chi connectivity index (χ4n) is 2.70. The molecule has 1 aliphatic carbocycles. The molecule has 98 valence electrons. The first-order valence-corrected chi connectivity index (χ1v) is 6.57. The van der Waals surface area contributed by atoms with Crippen LogP contribution in [0.4, 0.5) is 10.1 Å². The third kappa shape index (κ3) is 2.41. The third-order valence-corrected chi connectivity index (χ3v) is 3.66. The Kier molecular flexibility index (Phi) is 3.11. The summed E-state index contributed by atoms with van der Waals surface area (Å²) in [5, 5.41) is 12.6. The number of fused-ring (bicyclic) bond motifs is 1. The maximum absolute atomic E-state index is 13.3. The molecule has 2 nitrogen and oxygen atoms in total. The van der Waals surface area contributed by atoms with Gasteiger partial charge in [-0.05, 0) is 42.5 Å². The van der Waals surface area contributed by atoms with Crippen LogP contribution in [-0.2, 0) is 6.42 Å². The van der Waals surface area contributed by atoms with Crippen molar-refractivity contribution in [3.8, 4) is 5.75 Å². The lowest BCUT2D eigenvalue weighted by molar-refractivity contribution is 0.432. The number of anilines is 1. The van der Waals surface area contributed by atoms with Crippen LogP contribution in [0.5, 0.6) is 5.75 Å². The van der Waals surface area contributed by atoms with Gasteiger partial charge in [0.25, 0.3) is 0 Å². The molecule has 0 spiro atoms. The highest BCUT2D eigenvalue weighted by Gasteiger charge is 2.19.